The second-order valence-electron chi connectivity index (χ2n) is 10.1. The summed E-state index contributed by atoms with van der Waals surface area (Å²) in [6.07, 6.45) is 0.816. The Hall–Kier alpha value is -4.73. The fourth-order valence-electron chi connectivity index (χ4n) is 4.45. The van der Waals surface area contributed by atoms with Crippen LogP contribution in [0.4, 0.5) is 5.69 Å². The van der Waals surface area contributed by atoms with Gasteiger partial charge in [-0.05, 0) is 66.8 Å². The molecule has 1 heterocycles. The van der Waals surface area contributed by atoms with Gasteiger partial charge in [0.2, 0.25) is 5.88 Å². The summed E-state index contributed by atoms with van der Waals surface area (Å²) in [6.45, 7) is 6.52. The number of carboxylic acids is 1. The number of methoxy groups -OCH3 is 1. The molecule has 0 saturated carbocycles. The van der Waals surface area contributed by atoms with E-state index in [0.29, 0.717) is 40.7 Å². The molecule has 0 aliphatic rings. The number of pyridine rings is 1. The molecule has 10 heteroatoms. The maximum absolute atomic E-state index is 13.4. The number of nitrogens with one attached hydrogen (secondary N) is 3. The number of nitrogens with two attached hydrogens (primary N) is 1. The van der Waals surface area contributed by atoms with E-state index in [1.165, 1.54) is 7.11 Å². The van der Waals surface area contributed by atoms with Crippen molar-refractivity contribution in [2.45, 2.75) is 33.1 Å². The fourth-order valence-corrected chi connectivity index (χ4v) is 4.45. The third kappa shape index (κ3) is 7.22. The average Bonchev–Trinajstić information content (AvgIpc) is 2.91. The number of aromatic carboxylic acids is 1. The number of carbonyl (C=O) groups excluding carboxylic acids is 1. The molecule has 6 N–H and O–H groups in total. The van der Waals surface area contributed by atoms with Gasteiger partial charge in [-0.3, -0.25) is 15.6 Å². The standard InChI is InChI=1S/C30H36N6O4/c1-17(2)14-21(16-36(4)18(3)31)20-8-11-23(25(15-20)30(38)39)24-12-13-26(40-5)35-27(24)29(37)34-22-9-6-19(7-10-22)28(32)33/h6-13,15,17,21,31H,14,16H2,1-5H3,(H3,32,33)(H,34,37)(H,38,39)/t21-/m1/s1. The number of amidine groups is 2. The number of ether oxygens (including phenoxy) is 1. The van der Waals surface area contributed by atoms with Crippen LogP contribution in [0.3, 0.4) is 0 Å². The van der Waals surface area contributed by atoms with Gasteiger partial charge < -0.3 is 25.8 Å². The van der Waals surface area contributed by atoms with Gasteiger partial charge in [0.25, 0.3) is 5.91 Å². The number of amides is 1. The van der Waals surface area contributed by atoms with Crippen molar-refractivity contribution in [1.82, 2.24) is 9.88 Å². The number of likely N-dealkylation sites (N-methyl/N-ethyl adjacent to an activating group) is 1. The smallest absolute Gasteiger partial charge is 0.336 e. The second kappa shape index (κ2) is 12.9. The third-order valence-corrected chi connectivity index (χ3v) is 6.61. The molecule has 40 heavy (non-hydrogen) atoms. The molecule has 3 rings (SSSR count). The predicted molar refractivity (Wildman–Crippen MR) is 157 cm³/mol. The second-order valence-corrected chi connectivity index (χ2v) is 10.1. The molecular formula is C30H36N6O4. The number of nitrogens with zero attached hydrogens (tertiary/aromatic N) is 2. The summed E-state index contributed by atoms with van der Waals surface area (Å²) in [4.78, 5) is 32.1. The lowest BCUT2D eigenvalue weighted by Gasteiger charge is -2.27. The van der Waals surface area contributed by atoms with E-state index in [4.69, 9.17) is 21.3 Å². The molecule has 1 aromatic heterocycles. The van der Waals surface area contributed by atoms with E-state index in [9.17, 15) is 14.7 Å². The van der Waals surface area contributed by atoms with Crippen LogP contribution in [0.15, 0.2) is 54.6 Å². The minimum atomic E-state index is -1.13. The van der Waals surface area contributed by atoms with Crippen LogP contribution in [0.25, 0.3) is 11.1 Å². The molecule has 0 radical (unpaired) electrons. The van der Waals surface area contributed by atoms with Gasteiger partial charge in [-0.2, -0.15) is 0 Å². The highest BCUT2D eigenvalue weighted by Gasteiger charge is 2.24. The number of rotatable bonds is 11. The van der Waals surface area contributed by atoms with Gasteiger partial charge in [0.05, 0.1) is 18.5 Å². The molecule has 0 saturated heterocycles. The van der Waals surface area contributed by atoms with E-state index in [2.05, 4.69) is 24.1 Å². The summed E-state index contributed by atoms with van der Waals surface area (Å²) in [6, 6.07) is 14.9. The SMILES string of the molecule is COc1ccc(-c2ccc([C@H](CC(C)C)CN(C)C(C)=N)cc2C(=O)O)c(C(=O)Nc2ccc(C(=N)N)cc2)n1. The Morgan fingerprint density at radius 2 is 1.73 bits per heavy atom. The summed E-state index contributed by atoms with van der Waals surface area (Å²) in [5, 5.41) is 28.5. The predicted octanol–water partition coefficient (Wildman–Crippen LogP) is 5.05. The maximum atomic E-state index is 13.4. The lowest BCUT2D eigenvalue weighted by molar-refractivity contribution is 0.0697. The van der Waals surface area contributed by atoms with Crippen molar-refractivity contribution in [2.24, 2.45) is 11.7 Å². The minimum absolute atomic E-state index is 0.00291. The Kier molecular flexibility index (Phi) is 9.60. The third-order valence-electron chi connectivity index (χ3n) is 6.61. The zero-order valence-electron chi connectivity index (χ0n) is 23.4. The Labute approximate surface area is 234 Å². The van der Waals surface area contributed by atoms with Crippen LogP contribution in [0, 0.1) is 16.7 Å². The zero-order chi connectivity index (χ0) is 29.6. The Bertz CT molecular complexity index is 1420. The van der Waals surface area contributed by atoms with Gasteiger partial charge in [0.15, 0.2) is 0 Å². The Balaban J connectivity index is 2.07. The van der Waals surface area contributed by atoms with Gasteiger partial charge in [-0.15, -0.1) is 0 Å². The molecule has 1 atom stereocenters. The molecular weight excluding hydrogens is 508 g/mol. The van der Waals surface area contributed by atoms with E-state index in [0.717, 1.165) is 12.0 Å². The molecule has 210 valence electrons. The van der Waals surface area contributed by atoms with Crippen LogP contribution < -0.4 is 15.8 Å². The average molecular weight is 545 g/mol. The van der Waals surface area contributed by atoms with Gasteiger partial charge in [-0.25, -0.2) is 9.78 Å². The number of hydrogen-bond donors (Lipinski definition) is 5. The van der Waals surface area contributed by atoms with Gasteiger partial charge in [0.1, 0.15) is 11.5 Å². The minimum Gasteiger partial charge on any atom is -0.481 e. The van der Waals surface area contributed by atoms with Crippen molar-refractivity contribution in [3.8, 4) is 17.0 Å². The molecule has 0 fully saturated rings. The van der Waals surface area contributed by atoms with E-state index >= 15 is 0 Å². The van der Waals surface area contributed by atoms with Crippen molar-refractivity contribution in [2.75, 3.05) is 26.0 Å². The topological polar surface area (TPSA) is 165 Å². The molecule has 1 amide bonds. The number of aromatic nitrogens is 1. The summed E-state index contributed by atoms with van der Waals surface area (Å²) >= 11 is 0. The molecule has 0 unspecified atom stereocenters. The molecule has 0 spiro atoms. The van der Waals surface area contributed by atoms with E-state index in [-0.39, 0.29) is 28.9 Å². The zero-order valence-corrected chi connectivity index (χ0v) is 23.4. The number of hydrogen-bond acceptors (Lipinski definition) is 6. The summed E-state index contributed by atoms with van der Waals surface area (Å²) in [5.74, 6) is -0.759. The summed E-state index contributed by atoms with van der Waals surface area (Å²) < 4.78 is 5.24. The van der Waals surface area contributed by atoms with Crippen LogP contribution in [0.1, 0.15) is 65.1 Å². The highest BCUT2D eigenvalue weighted by atomic mass is 16.5. The van der Waals surface area contributed by atoms with Gasteiger partial charge >= 0.3 is 5.97 Å². The van der Waals surface area contributed by atoms with Crippen LogP contribution in [0.5, 0.6) is 5.88 Å². The van der Waals surface area contributed by atoms with Crippen LogP contribution in [-0.4, -0.2) is 59.2 Å². The number of benzene rings is 2. The first-order valence-corrected chi connectivity index (χ1v) is 12.9. The van der Waals surface area contributed by atoms with Crippen molar-refractivity contribution in [3.05, 3.63) is 77.0 Å². The van der Waals surface area contributed by atoms with Gasteiger partial charge in [-0.1, -0.05) is 26.0 Å². The maximum Gasteiger partial charge on any atom is 0.336 e. The van der Waals surface area contributed by atoms with Crippen molar-refractivity contribution < 1.29 is 19.4 Å². The highest BCUT2D eigenvalue weighted by Crippen LogP contribution is 2.33. The molecule has 3 aromatic rings. The number of nitrogen functional groups attached to an aromatic ring is 1. The van der Waals surface area contributed by atoms with Crippen molar-refractivity contribution >= 4 is 29.2 Å². The normalized spacial score (nSPS) is 11.6. The first-order chi connectivity index (χ1) is 18.9. The molecule has 0 bridgehead atoms. The van der Waals surface area contributed by atoms with Crippen molar-refractivity contribution in [1.29, 1.82) is 10.8 Å². The van der Waals surface area contributed by atoms with E-state index in [1.807, 2.05) is 18.0 Å². The lowest BCUT2D eigenvalue weighted by Crippen LogP contribution is -2.29. The first kappa shape index (κ1) is 29.8. The molecule has 0 aliphatic heterocycles. The Morgan fingerprint density at radius 1 is 1.07 bits per heavy atom. The van der Waals surface area contributed by atoms with Crippen LogP contribution in [-0.2, 0) is 0 Å². The van der Waals surface area contributed by atoms with Crippen molar-refractivity contribution in [3.63, 3.8) is 0 Å². The highest BCUT2D eigenvalue weighted by molar-refractivity contribution is 6.09. The number of carboxylic acid groups (broad SMARTS) is 1. The quantitative estimate of drug-likeness (QED) is 0.166. The molecule has 0 aliphatic carbocycles. The molecule has 2 aromatic carbocycles. The fraction of sp³-hybridized carbons (Fsp3) is 0.300. The lowest BCUT2D eigenvalue weighted by atomic mass is 9.86. The number of anilines is 1. The van der Waals surface area contributed by atoms with E-state index in [1.54, 1.807) is 55.5 Å². The van der Waals surface area contributed by atoms with Gasteiger partial charge in [0, 0.05) is 42.4 Å². The summed E-state index contributed by atoms with van der Waals surface area (Å²) in [7, 11) is 3.28. The summed E-state index contributed by atoms with van der Waals surface area (Å²) in [5.41, 5.74) is 8.08. The number of carbonyl (C=O) groups is 2. The monoisotopic (exact) mass is 544 g/mol. The first-order valence-electron chi connectivity index (χ1n) is 12.9. The van der Waals surface area contributed by atoms with E-state index < -0.39 is 11.9 Å². The largest absolute Gasteiger partial charge is 0.481 e. The van der Waals surface area contributed by atoms with Crippen LogP contribution >= 0.6 is 0 Å². The van der Waals surface area contributed by atoms with Crippen LogP contribution in [0.2, 0.25) is 0 Å². The molecule has 10 nitrogen and oxygen atoms in total. The Morgan fingerprint density at radius 3 is 2.27 bits per heavy atom.